The molecule has 12 rings (SSSR count). The van der Waals surface area contributed by atoms with Gasteiger partial charge in [-0.15, -0.1) is 11.3 Å². The van der Waals surface area contributed by atoms with Crippen LogP contribution in [0.2, 0.25) is 0 Å². The molecule has 4 heteroatoms. The van der Waals surface area contributed by atoms with Gasteiger partial charge in [-0.05, 0) is 90.0 Å². The van der Waals surface area contributed by atoms with E-state index < -0.39 is 0 Å². The highest BCUT2D eigenvalue weighted by Crippen LogP contribution is 2.42. The molecule has 0 amide bonds. The molecular formula is C57H35N3S. The molecule has 0 saturated carbocycles. The molecule has 0 aliphatic carbocycles. The molecule has 3 nitrogen and oxygen atoms in total. The fourth-order valence-corrected chi connectivity index (χ4v) is 10.1. The summed E-state index contributed by atoms with van der Waals surface area (Å²) in [6.45, 7) is 0. The number of hydrogen-bond acceptors (Lipinski definition) is 4. The van der Waals surface area contributed by atoms with E-state index in [0.29, 0.717) is 17.5 Å². The summed E-state index contributed by atoms with van der Waals surface area (Å²) >= 11 is 1.84. The first kappa shape index (κ1) is 35.2. The molecule has 0 fully saturated rings. The van der Waals surface area contributed by atoms with Gasteiger partial charge in [0.15, 0.2) is 17.5 Å². The number of hydrogen-bond donors (Lipinski definition) is 0. The highest BCUT2D eigenvalue weighted by molar-refractivity contribution is 7.25. The fourth-order valence-electron chi connectivity index (χ4n) is 8.96. The van der Waals surface area contributed by atoms with Crippen LogP contribution in [-0.2, 0) is 0 Å². The van der Waals surface area contributed by atoms with Gasteiger partial charge in [0.05, 0.1) is 0 Å². The Morgan fingerprint density at radius 2 is 0.820 bits per heavy atom. The van der Waals surface area contributed by atoms with Crippen molar-refractivity contribution in [3.05, 3.63) is 212 Å². The maximum absolute atomic E-state index is 5.22. The van der Waals surface area contributed by atoms with Gasteiger partial charge in [-0.2, -0.15) is 0 Å². The molecule has 0 unspecified atom stereocenters. The molecule has 0 N–H and O–H groups in total. The standard InChI is InChI=1S/C57H35N3S/c1-2-12-36(13-3-1)37-24-28-40(29-25-37)55-58-56(60-57(59-55)44-17-10-16-42(34-44)47-21-11-23-52-54(47)49-20-8-9-22-51(49)61-52)41-30-26-39(27-31-41)53-46-19-7-5-15-43(46)35-50-45-18-6-4-14-38(45)32-33-48(50)53/h1-35H. The van der Waals surface area contributed by atoms with Crippen molar-refractivity contribution in [1.29, 1.82) is 0 Å². The van der Waals surface area contributed by atoms with Gasteiger partial charge in [0.2, 0.25) is 0 Å². The van der Waals surface area contributed by atoms with E-state index in [1.807, 2.05) is 17.4 Å². The van der Waals surface area contributed by atoms with Gasteiger partial charge >= 0.3 is 0 Å². The first-order valence-electron chi connectivity index (χ1n) is 20.6. The van der Waals surface area contributed by atoms with Gasteiger partial charge in [-0.3, -0.25) is 0 Å². The van der Waals surface area contributed by atoms with E-state index in [1.165, 1.54) is 69.2 Å². The minimum absolute atomic E-state index is 0.629. The largest absolute Gasteiger partial charge is 0.208 e. The van der Waals surface area contributed by atoms with Crippen LogP contribution in [0.25, 0.3) is 120 Å². The summed E-state index contributed by atoms with van der Waals surface area (Å²) in [5, 5.41) is 10.0. The van der Waals surface area contributed by atoms with Gasteiger partial charge < -0.3 is 0 Å². The summed E-state index contributed by atoms with van der Waals surface area (Å²) in [6, 6.07) is 75.8. The third-order valence-corrected chi connectivity index (χ3v) is 13.1. The van der Waals surface area contributed by atoms with E-state index in [1.54, 1.807) is 0 Å². The minimum atomic E-state index is 0.629. The van der Waals surface area contributed by atoms with Crippen molar-refractivity contribution >= 4 is 63.8 Å². The molecule has 0 bridgehead atoms. The van der Waals surface area contributed by atoms with Crippen molar-refractivity contribution in [1.82, 2.24) is 15.0 Å². The van der Waals surface area contributed by atoms with E-state index in [4.69, 9.17) is 15.0 Å². The number of benzene rings is 10. The number of aromatic nitrogens is 3. The first-order chi connectivity index (χ1) is 30.2. The van der Waals surface area contributed by atoms with Crippen molar-refractivity contribution in [3.63, 3.8) is 0 Å². The minimum Gasteiger partial charge on any atom is -0.208 e. The number of nitrogens with zero attached hydrogens (tertiary/aromatic N) is 3. The van der Waals surface area contributed by atoms with Crippen LogP contribution < -0.4 is 0 Å². The Balaban J connectivity index is 0.999. The number of thiophene rings is 1. The Kier molecular flexibility index (Phi) is 8.36. The van der Waals surface area contributed by atoms with E-state index in [0.717, 1.165) is 33.4 Å². The molecule has 10 aromatic carbocycles. The maximum Gasteiger partial charge on any atom is 0.164 e. The zero-order valence-electron chi connectivity index (χ0n) is 33.0. The second kappa shape index (κ2) is 14.5. The fraction of sp³-hybridized carbons (Fsp3) is 0. The number of rotatable bonds is 6. The summed E-state index contributed by atoms with van der Waals surface area (Å²) < 4.78 is 2.57. The average Bonchev–Trinajstić information content (AvgIpc) is 3.73. The SMILES string of the molecule is c1ccc(-c2ccc(-c3nc(-c4ccc(-c5c6ccccc6cc6c5ccc5ccccc56)cc4)nc(-c4cccc(-c5cccc6sc7ccccc7c56)c4)n3)cc2)cc1. The molecule has 0 atom stereocenters. The van der Waals surface area contributed by atoms with Gasteiger partial charge in [0.25, 0.3) is 0 Å². The Bertz CT molecular complexity index is 3630. The van der Waals surface area contributed by atoms with Crippen LogP contribution in [0.3, 0.4) is 0 Å². The van der Waals surface area contributed by atoms with Crippen molar-refractivity contribution in [2.45, 2.75) is 0 Å². The molecule has 0 aliphatic heterocycles. The molecule has 0 radical (unpaired) electrons. The zero-order chi connectivity index (χ0) is 40.3. The zero-order valence-corrected chi connectivity index (χ0v) is 33.8. The lowest BCUT2D eigenvalue weighted by molar-refractivity contribution is 1.07. The first-order valence-corrected chi connectivity index (χ1v) is 21.4. The van der Waals surface area contributed by atoms with E-state index in [-0.39, 0.29) is 0 Å². The average molecular weight is 794 g/mol. The highest BCUT2D eigenvalue weighted by atomic mass is 32.1. The lowest BCUT2D eigenvalue weighted by Crippen LogP contribution is -2.00. The van der Waals surface area contributed by atoms with Crippen molar-refractivity contribution < 1.29 is 0 Å². The summed E-state index contributed by atoms with van der Waals surface area (Å²) in [5.41, 5.74) is 9.81. The van der Waals surface area contributed by atoms with Crippen LogP contribution in [0.4, 0.5) is 0 Å². The van der Waals surface area contributed by atoms with Crippen molar-refractivity contribution in [2.75, 3.05) is 0 Å². The van der Waals surface area contributed by atoms with Gasteiger partial charge in [-0.1, -0.05) is 188 Å². The smallest absolute Gasteiger partial charge is 0.164 e. The quantitative estimate of drug-likeness (QED) is 0.124. The molecule has 2 heterocycles. The Hall–Kier alpha value is -7.79. The maximum atomic E-state index is 5.22. The van der Waals surface area contributed by atoms with Crippen LogP contribution in [0.15, 0.2) is 212 Å². The van der Waals surface area contributed by atoms with Crippen LogP contribution in [0, 0.1) is 0 Å². The predicted molar refractivity (Wildman–Crippen MR) is 258 cm³/mol. The second-order valence-electron chi connectivity index (χ2n) is 15.5. The summed E-state index contributed by atoms with van der Waals surface area (Å²) in [6.07, 6.45) is 0. The van der Waals surface area contributed by atoms with Crippen LogP contribution in [0.5, 0.6) is 0 Å². The van der Waals surface area contributed by atoms with E-state index in [9.17, 15) is 0 Å². The summed E-state index contributed by atoms with van der Waals surface area (Å²) in [4.78, 5) is 15.6. The normalized spacial score (nSPS) is 11.6. The summed E-state index contributed by atoms with van der Waals surface area (Å²) in [5.74, 6) is 1.89. The predicted octanol–water partition coefficient (Wildman–Crippen LogP) is 15.7. The van der Waals surface area contributed by atoms with Crippen molar-refractivity contribution in [3.8, 4) is 67.5 Å². The third-order valence-electron chi connectivity index (χ3n) is 11.9. The third kappa shape index (κ3) is 6.16. The molecule has 284 valence electrons. The molecule has 0 saturated heterocycles. The lowest BCUT2D eigenvalue weighted by Gasteiger charge is -2.15. The molecule has 2 aromatic heterocycles. The summed E-state index contributed by atoms with van der Waals surface area (Å²) in [7, 11) is 0. The monoisotopic (exact) mass is 793 g/mol. The molecule has 0 spiro atoms. The molecular weight excluding hydrogens is 759 g/mol. The van der Waals surface area contributed by atoms with Crippen LogP contribution in [0.1, 0.15) is 0 Å². The molecule has 12 aromatic rings. The van der Waals surface area contributed by atoms with E-state index in [2.05, 4.69) is 206 Å². The lowest BCUT2D eigenvalue weighted by atomic mass is 9.89. The van der Waals surface area contributed by atoms with Crippen LogP contribution >= 0.6 is 11.3 Å². The Morgan fingerprint density at radius 3 is 1.59 bits per heavy atom. The van der Waals surface area contributed by atoms with E-state index >= 15 is 0 Å². The Morgan fingerprint density at radius 1 is 0.279 bits per heavy atom. The number of fused-ring (bicyclic) bond motifs is 7. The van der Waals surface area contributed by atoms with Gasteiger partial charge in [-0.25, -0.2) is 15.0 Å². The Labute approximate surface area is 356 Å². The highest BCUT2D eigenvalue weighted by Gasteiger charge is 2.17. The molecule has 0 aliphatic rings. The van der Waals surface area contributed by atoms with Gasteiger partial charge in [0, 0.05) is 36.9 Å². The second-order valence-corrected chi connectivity index (χ2v) is 16.6. The van der Waals surface area contributed by atoms with Crippen LogP contribution in [-0.4, -0.2) is 15.0 Å². The van der Waals surface area contributed by atoms with Crippen molar-refractivity contribution in [2.24, 2.45) is 0 Å². The molecule has 61 heavy (non-hydrogen) atoms. The topological polar surface area (TPSA) is 38.7 Å². The van der Waals surface area contributed by atoms with Gasteiger partial charge in [0.1, 0.15) is 0 Å².